The molecule has 240 valence electrons. The maximum Gasteiger partial charge on any atom is 0.410 e. The molecule has 0 aliphatic carbocycles. The molecule has 1 saturated heterocycles. The Morgan fingerprint density at radius 3 is 2.31 bits per heavy atom. The second-order valence-electron chi connectivity index (χ2n) is 11.7. The molecule has 1 fully saturated rings. The van der Waals surface area contributed by atoms with Crippen molar-refractivity contribution in [1.29, 1.82) is 0 Å². The van der Waals surface area contributed by atoms with Gasteiger partial charge in [0.15, 0.2) is 11.5 Å². The van der Waals surface area contributed by atoms with E-state index in [2.05, 4.69) is 0 Å². The standard InChI is InChI=1S/C35H43N3O7/c1-7-37(27-17-18-30(43-6)31(22-27)44-20-12-19-42-5)33(40)29-23-36(34(41)45-35(2,3)4)24-32(39)38(29)28-16-11-15-26(21-28)25-13-9-8-10-14-25/h8-11,13-18,21-22,29H,7,12,19-20,23-24H2,1-6H3. The van der Waals surface area contributed by atoms with Gasteiger partial charge in [0.2, 0.25) is 5.91 Å². The van der Waals surface area contributed by atoms with Crippen LogP contribution in [0.1, 0.15) is 34.1 Å². The van der Waals surface area contributed by atoms with Gasteiger partial charge in [0.05, 0.1) is 20.3 Å². The van der Waals surface area contributed by atoms with Gasteiger partial charge in [-0.25, -0.2) is 4.79 Å². The zero-order chi connectivity index (χ0) is 32.6. The summed E-state index contributed by atoms with van der Waals surface area (Å²) in [7, 11) is 3.19. The van der Waals surface area contributed by atoms with Crippen molar-refractivity contribution in [2.75, 3.05) is 56.9 Å². The second-order valence-corrected chi connectivity index (χ2v) is 11.7. The number of rotatable bonds is 11. The Kier molecular flexibility index (Phi) is 11.1. The summed E-state index contributed by atoms with van der Waals surface area (Å²) in [5.41, 5.74) is 2.26. The number of nitrogens with zero attached hydrogens (tertiary/aromatic N) is 3. The predicted octanol–water partition coefficient (Wildman–Crippen LogP) is 5.78. The van der Waals surface area contributed by atoms with Gasteiger partial charge in [-0.15, -0.1) is 0 Å². The fourth-order valence-corrected chi connectivity index (χ4v) is 5.19. The van der Waals surface area contributed by atoms with Crippen molar-refractivity contribution < 1.29 is 33.3 Å². The van der Waals surface area contributed by atoms with Crippen molar-refractivity contribution in [3.05, 3.63) is 72.8 Å². The van der Waals surface area contributed by atoms with Crippen LogP contribution in [-0.2, 0) is 19.1 Å². The van der Waals surface area contributed by atoms with Crippen molar-refractivity contribution in [1.82, 2.24) is 4.90 Å². The lowest BCUT2D eigenvalue weighted by Gasteiger charge is -2.42. The average molecular weight is 618 g/mol. The summed E-state index contributed by atoms with van der Waals surface area (Å²) in [4.78, 5) is 45.9. The van der Waals surface area contributed by atoms with E-state index >= 15 is 0 Å². The van der Waals surface area contributed by atoms with Gasteiger partial charge < -0.3 is 23.8 Å². The molecular weight excluding hydrogens is 574 g/mol. The highest BCUT2D eigenvalue weighted by Gasteiger charge is 2.42. The summed E-state index contributed by atoms with van der Waals surface area (Å²) in [6, 6.07) is 21.6. The number of likely N-dealkylation sites (N-methyl/N-ethyl adjacent to an activating group) is 1. The van der Waals surface area contributed by atoms with Gasteiger partial charge >= 0.3 is 6.09 Å². The van der Waals surface area contributed by atoms with Gasteiger partial charge in [0, 0.05) is 44.1 Å². The maximum absolute atomic E-state index is 14.5. The molecule has 0 radical (unpaired) electrons. The molecule has 3 aromatic carbocycles. The minimum Gasteiger partial charge on any atom is -0.493 e. The molecule has 0 bridgehead atoms. The van der Waals surface area contributed by atoms with E-state index in [1.54, 1.807) is 58.1 Å². The predicted molar refractivity (Wildman–Crippen MR) is 174 cm³/mol. The zero-order valence-electron chi connectivity index (χ0n) is 26.9. The van der Waals surface area contributed by atoms with Crippen LogP contribution in [0, 0.1) is 0 Å². The third-order valence-electron chi connectivity index (χ3n) is 7.26. The van der Waals surface area contributed by atoms with E-state index in [0.717, 1.165) is 11.1 Å². The highest BCUT2D eigenvalue weighted by atomic mass is 16.6. The molecule has 1 aliphatic heterocycles. The quantitative estimate of drug-likeness (QED) is 0.252. The lowest BCUT2D eigenvalue weighted by atomic mass is 10.0. The van der Waals surface area contributed by atoms with Crippen molar-refractivity contribution in [3.8, 4) is 22.6 Å². The molecule has 10 nitrogen and oxygen atoms in total. The first-order valence-corrected chi connectivity index (χ1v) is 15.1. The molecule has 3 aromatic rings. The first kappa shape index (κ1) is 33.3. The van der Waals surface area contributed by atoms with Gasteiger partial charge in [-0.3, -0.25) is 19.4 Å². The van der Waals surface area contributed by atoms with Crippen LogP contribution in [0.25, 0.3) is 11.1 Å². The third-order valence-corrected chi connectivity index (χ3v) is 7.26. The molecular formula is C35H43N3O7. The van der Waals surface area contributed by atoms with Crippen molar-refractivity contribution >= 4 is 29.3 Å². The first-order valence-electron chi connectivity index (χ1n) is 15.1. The smallest absolute Gasteiger partial charge is 0.410 e. The number of carbonyl (C=O) groups is 3. The number of ether oxygens (including phenoxy) is 4. The summed E-state index contributed by atoms with van der Waals surface area (Å²) in [6.45, 7) is 8.15. The van der Waals surface area contributed by atoms with Crippen LogP contribution >= 0.6 is 0 Å². The van der Waals surface area contributed by atoms with Crippen LogP contribution in [0.3, 0.4) is 0 Å². The molecule has 0 spiro atoms. The number of hydrogen-bond donors (Lipinski definition) is 0. The zero-order valence-corrected chi connectivity index (χ0v) is 26.9. The Balaban J connectivity index is 1.72. The second kappa shape index (κ2) is 14.9. The Morgan fingerprint density at radius 2 is 1.64 bits per heavy atom. The van der Waals surface area contributed by atoms with E-state index in [1.165, 1.54) is 9.80 Å². The number of piperazine rings is 1. The monoisotopic (exact) mass is 617 g/mol. The number of carbonyl (C=O) groups excluding carboxylic acids is 3. The van der Waals surface area contributed by atoms with E-state index in [9.17, 15) is 14.4 Å². The highest BCUT2D eigenvalue weighted by Crippen LogP contribution is 2.34. The largest absolute Gasteiger partial charge is 0.493 e. The molecule has 1 unspecified atom stereocenters. The molecule has 4 rings (SSSR count). The molecule has 0 N–H and O–H groups in total. The van der Waals surface area contributed by atoms with E-state index in [1.807, 2.05) is 61.5 Å². The van der Waals surface area contributed by atoms with Crippen molar-refractivity contribution in [3.63, 3.8) is 0 Å². The number of hydrogen-bond acceptors (Lipinski definition) is 7. The van der Waals surface area contributed by atoms with E-state index in [-0.39, 0.29) is 24.9 Å². The minimum atomic E-state index is -1.02. The summed E-state index contributed by atoms with van der Waals surface area (Å²) in [5, 5.41) is 0. The normalized spacial score (nSPS) is 15.1. The number of methoxy groups -OCH3 is 2. The topological polar surface area (TPSA) is 97.9 Å². The Labute approximate surface area is 265 Å². The lowest BCUT2D eigenvalue weighted by molar-refractivity contribution is -0.128. The Hall–Kier alpha value is -4.57. The van der Waals surface area contributed by atoms with Gasteiger partial charge in [-0.1, -0.05) is 42.5 Å². The van der Waals surface area contributed by atoms with E-state index in [4.69, 9.17) is 18.9 Å². The molecule has 0 saturated carbocycles. The molecule has 0 aromatic heterocycles. The van der Waals surface area contributed by atoms with Crippen LogP contribution in [0.4, 0.5) is 16.2 Å². The molecule has 10 heteroatoms. The van der Waals surface area contributed by atoms with Gasteiger partial charge in [0.1, 0.15) is 18.2 Å². The number of amides is 3. The number of anilines is 2. The molecule has 45 heavy (non-hydrogen) atoms. The third kappa shape index (κ3) is 8.33. The Bertz CT molecular complexity index is 1470. The maximum atomic E-state index is 14.5. The van der Waals surface area contributed by atoms with E-state index < -0.39 is 17.7 Å². The van der Waals surface area contributed by atoms with Crippen molar-refractivity contribution in [2.45, 2.75) is 45.8 Å². The first-order chi connectivity index (χ1) is 21.6. The fourth-order valence-electron chi connectivity index (χ4n) is 5.19. The fraction of sp³-hybridized carbons (Fsp3) is 0.400. The van der Waals surface area contributed by atoms with Crippen LogP contribution in [0.2, 0.25) is 0 Å². The van der Waals surface area contributed by atoms with Gasteiger partial charge in [0.25, 0.3) is 5.91 Å². The minimum absolute atomic E-state index is 0.0396. The summed E-state index contributed by atoms with van der Waals surface area (Å²) >= 11 is 0. The highest BCUT2D eigenvalue weighted by molar-refractivity contribution is 6.08. The lowest BCUT2D eigenvalue weighted by Crippen LogP contribution is -2.63. The molecule has 1 atom stereocenters. The molecule has 3 amide bonds. The average Bonchev–Trinajstić information content (AvgIpc) is 3.02. The summed E-state index contributed by atoms with van der Waals surface area (Å²) in [6.07, 6.45) is 0.0349. The van der Waals surface area contributed by atoms with Crippen LogP contribution in [0.15, 0.2) is 72.8 Å². The van der Waals surface area contributed by atoms with Gasteiger partial charge in [-0.2, -0.15) is 0 Å². The number of benzene rings is 3. The molecule has 1 heterocycles. The van der Waals surface area contributed by atoms with Crippen LogP contribution in [0.5, 0.6) is 11.5 Å². The van der Waals surface area contributed by atoms with Crippen LogP contribution < -0.4 is 19.3 Å². The summed E-state index contributed by atoms with van der Waals surface area (Å²) in [5.74, 6) is 0.284. The summed E-state index contributed by atoms with van der Waals surface area (Å²) < 4.78 is 22.2. The van der Waals surface area contributed by atoms with Gasteiger partial charge in [-0.05, 0) is 63.1 Å². The van der Waals surface area contributed by atoms with Crippen LogP contribution in [-0.4, -0.2) is 81.5 Å². The van der Waals surface area contributed by atoms with Crippen molar-refractivity contribution in [2.24, 2.45) is 0 Å². The van der Waals surface area contributed by atoms with E-state index in [0.29, 0.717) is 49.1 Å². The Morgan fingerprint density at radius 1 is 0.911 bits per heavy atom. The molecule has 1 aliphatic rings. The SMILES string of the molecule is CCN(C(=O)C1CN(C(=O)OC(C)(C)C)CC(=O)N1c1cccc(-c2ccccc2)c1)c1ccc(OC)c(OCCCOC)c1.